The number of ketones is 2. The Bertz CT molecular complexity index is 2290. The van der Waals surface area contributed by atoms with E-state index in [1.807, 2.05) is 68.9 Å². The molecule has 0 spiro atoms. The van der Waals surface area contributed by atoms with Crippen LogP contribution in [0.1, 0.15) is 125 Å². The molecular formula is C59H116N16O8S2. The van der Waals surface area contributed by atoms with Crippen molar-refractivity contribution in [2.75, 3.05) is 149 Å². The van der Waals surface area contributed by atoms with E-state index in [-0.39, 0.29) is 97.0 Å². The summed E-state index contributed by atoms with van der Waals surface area (Å²) in [5.74, 6) is -1.17. The molecule has 26 heteroatoms. The van der Waals surface area contributed by atoms with Gasteiger partial charge in [-0.05, 0) is 62.8 Å². The molecule has 492 valence electrons. The van der Waals surface area contributed by atoms with Crippen LogP contribution in [0.3, 0.4) is 0 Å². The fraction of sp³-hybridized carbons (Fsp3) is 0.780. The second-order valence-corrected chi connectivity index (χ2v) is 23.4. The first-order valence-electron chi connectivity index (χ1n) is 26.5. The van der Waals surface area contributed by atoms with Crippen LogP contribution in [0.4, 0.5) is 0 Å². The van der Waals surface area contributed by atoms with Crippen LogP contribution < -0.4 is 16.4 Å². The number of thiocarbonyl (C=S) groups is 2. The molecular weight excluding hydrogens is 1120 g/mol. The van der Waals surface area contributed by atoms with Crippen LogP contribution in [-0.2, 0) is 38.2 Å². The third-order valence-corrected chi connectivity index (χ3v) is 17.5. The first-order chi connectivity index (χ1) is 36.4. The van der Waals surface area contributed by atoms with E-state index in [2.05, 4.69) is 76.9 Å². The summed E-state index contributed by atoms with van der Waals surface area (Å²) in [7, 11) is 17.9. The summed E-state index contributed by atoms with van der Waals surface area (Å²) in [6.07, 6.45) is 5.53. The molecule has 0 radical (unpaired) electrons. The molecule has 24 nitrogen and oxygen atoms in total. The van der Waals surface area contributed by atoms with Crippen molar-refractivity contribution in [1.82, 2.24) is 50.3 Å². The summed E-state index contributed by atoms with van der Waals surface area (Å²) < 4.78 is 9.15. The SMILES string of the molecule is C.C.C.C.C.C.C.CN1CCC2=NN(C)C(=O)C2(C)C1.CN1CCC2=NN(C)C(=S)C2(C)C1.CN1N=C2CCNCC2(C)C1=O.CN1N=C2CCNCC2(C)C1=S.COC(=O)C1(C)CN(C)CCC1=O.COC(=O)C1CN(C)CCC1=O.N=CN. The van der Waals surface area contributed by atoms with E-state index in [0.29, 0.717) is 25.9 Å². The van der Waals surface area contributed by atoms with E-state index in [9.17, 15) is 28.8 Å². The van der Waals surface area contributed by atoms with E-state index in [4.69, 9.17) is 29.8 Å². The maximum absolute atomic E-state index is 11.8. The predicted octanol–water partition coefficient (Wildman–Crippen LogP) is 5.30. The molecule has 6 unspecified atom stereocenters. The van der Waals surface area contributed by atoms with E-state index in [1.165, 1.54) is 35.7 Å². The molecule has 6 fully saturated rings. The highest BCUT2D eigenvalue weighted by Crippen LogP contribution is 2.36. The molecule has 0 bridgehead atoms. The van der Waals surface area contributed by atoms with Crippen LogP contribution in [0, 0.1) is 38.4 Å². The number of esters is 2. The van der Waals surface area contributed by atoms with Crippen molar-refractivity contribution in [3.8, 4) is 0 Å². The van der Waals surface area contributed by atoms with Gasteiger partial charge in [-0.1, -0.05) is 76.4 Å². The number of amides is 2. The van der Waals surface area contributed by atoms with Crippen LogP contribution in [0.15, 0.2) is 20.4 Å². The standard InChI is InChI=1S/C9H15N3O.C9H15N3S.C9H15NO3.C8H13N3O.C8H13N3S.C8H13NO3.CH4N2.7CH4/c2*1-9-6-11(2)5-4-7(9)10-12(3)8(9)13;1-9(8(12)13-3)6-10(2)5-4-7(9)11;2*1-8-5-9-4-3-6(8)10-11(2)7(8)12;1-9-4-3-7(10)6(5-9)8(11)12-2;2-1-3;;;;;;;/h3*4-6H2,1-3H3;2*9H,3-5H2,1-2H3;6H,3-5H2,1-2H3;1H,(H3,2,3);7*1H4. The van der Waals surface area contributed by atoms with Crippen molar-refractivity contribution in [3.63, 3.8) is 0 Å². The number of hydrazone groups is 4. The molecule has 10 heterocycles. The summed E-state index contributed by atoms with van der Waals surface area (Å²) in [5, 5.41) is 36.5. The minimum absolute atomic E-state index is 0. The van der Waals surface area contributed by atoms with Gasteiger partial charge >= 0.3 is 11.9 Å². The molecule has 6 atom stereocenters. The van der Waals surface area contributed by atoms with Crippen molar-refractivity contribution in [3.05, 3.63) is 0 Å². The lowest BCUT2D eigenvalue weighted by molar-refractivity contribution is -0.160. The highest BCUT2D eigenvalue weighted by molar-refractivity contribution is 7.80. The summed E-state index contributed by atoms with van der Waals surface area (Å²) in [4.78, 5) is 79.0. The molecule has 10 aliphatic heterocycles. The number of piperidine rings is 6. The molecule has 0 aromatic rings. The van der Waals surface area contributed by atoms with Gasteiger partial charge in [0.1, 0.15) is 37.9 Å². The van der Waals surface area contributed by atoms with Gasteiger partial charge in [0, 0.05) is 145 Å². The third-order valence-electron chi connectivity index (χ3n) is 16.0. The zero-order valence-corrected chi connectivity index (χ0v) is 50.5. The number of ether oxygens (including phenoxy) is 2. The Balaban J connectivity index is -0.000000451. The molecule has 5 N–H and O–H groups in total. The maximum Gasteiger partial charge on any atom is 0.320 e. The number of fused-ring (bicyclic) bond motifs is 4. The molecule has 2 amide bonds. The lowest BCUT2D eigenvalue weighted by atomic mass is 9.80. The summed E-state index contributed by atoms with van der Waals surface area (Å²) in [6.45, 7) is 20.0. The van der Waals surface area contributed by atoms with Crippen molar-refractivity contribution in [2.24, 2.45) is 59.1 Å². The average Bonchev–Trinajstić information content (AvgIpc) is 4.07. The van der Waals surface area contributed by atoms with Crippen molar-refractivity contribution < 1.29 is 38.2 Å². The van der Waals surface area contributed by atoms with Gasteiger partial charge in [0.15, 0.2) is 5.78 Å². The average molecular weight is 1240 g/mol. The molecule has 0 saturated carbocycles. The lowest BCUT2D eigenvalue weighted by Gasteiger charge is -2.36. The number of nitrogens with one attached hydrogen (secondary N) is 3. The third kappa shape index (κ3) is 19.7. The van der Waals surface area contributed by atoms with Crippen LogP contribution in [0.25, 0.3) is 0 Å². The number of methoxy groups -OCH3 is 2. The number of nitrogens with two attached hydrogens (primary N) is 1. The Hall–Kier alpha value is -5.09. The predicted molar refractivity (Wildman–Crippen MR) is 358 cm³/mol. The number of carbonyl (C=O) groups excluding carboxylic acids is 6. The topological polar surface area (TPSA) is 270 Å². The largest absolute Gasteiger partial charge is 0.468 e. The first kappa shape index (κ1) is 86.4. The normalized spacial score (nSPS) is 28.9. The number of rotatable bonds is 2. The first-order valence-corrected chi connectivity index (χ1v) is 27.3. The van der Waals surface area contributed by atoms with Gasteiger partial charge in [-0.25, -0.2) is 10.0 Å². The minimum atomic E-state index is -0.957. The van der Waals surface area contributed by atoms with Crippen LogP contribution >= 0.6 is 24.4 Å². The van der Waals surface area contributed by atoms with Gasteiger partial charge in [0.05, 0.1) is 54.2 Å². The van der Waals surface area contributed by atoms with Crippen molar-refractivity contribution in [2.45, 2.75) is 125 Å². The van der Waals surface area contributed by atoms with Gasteiger partial charge in [-0.2, -0.15) is 20.4 Å². The highest BCUT2D eigenvalue weighted by atomic mass is 32.1. The second kappa shape index (κ2) is 36.3. The minimum Gasteiger partial charge on any atom is -0.468 e. The number of hydrogen-bond donors (Lipinski definition) is 4. The number of nitrogens with zero attached hydrogens (tertiary/aromatic N) is 12. The van der Waals surface area contributed by atoms with E-state index in [0.717, 1.165) is 119 Å². The van der Waals surface area contributed by atoms with Gasteiger partial charge in [-0.3, -0.25) is 44.2 Å². The molecule has 10 aliphatic rings. The zero-order valence-electron chi connectivity index (χ0n) is 48.9. The number of Topliss-reactive ketones (excluding diaryl/α,β-unsaturated/α-hetero) is 2. The monoisotopic (exact) mass is 1240 g/mol. The highest BCUT2D eigenvalue weighted by Gasteiger charge is 2.50. The summed E-state index contributed by atoms with van der Waals surface area (Å²) >= 11 is 10.7. The molecule has 0 aliphatic carbocycles. The van der Waals surface area contributed by atoms with Crippen LogP contribution in [0.5, 0.6) is 0 Å². The Kier molecular flexibility index (Phi) is 36.9. The summed E-state index contributed by atoms with van der Waals surface area (Å²) in [6, 6.07) is 0. The molecule has 0 aromatic carbocycles. The second-order valence-electron chi connectivity index (χ2n) is 22.6. The molecule has 10 rings (SSSR count). The van der Waals surface area contributed by atoms with Crippen LogP contribution in [-0.4, -0.2) is 263 Å². The van der Waals surface area contributed by atoms with Gasteiger partial charge < -0.3 is 45.4 Å². The van der Waals surface area contributed by atoms with Gasteiger partial charge in [0.25, 0.3) is 11.8 Å². The smallest absolute Gasteiger partial charge is 0.320 e. The maximum atomic E-state index is 11.8. The quantitative estimate of drug-likeness (QED) is 0.0898. The fourth-order valence-corrected chi connectivity index (χ4v) is 11.6. The Morgan fingerprint density at radius 3 is 1.35 bits per heavy atom. The van der Waals surface area contributed by atoms with E-state index >= 15 is 0 Å². The Labute approximate surface area is 524 Å². The zero-order chi connectivity index (χ0) is 58.7. The Morgan fingerprint density at radius 1 is 0.541 bits per heavy atom. The van der Waals surface area contributed by atoms with E-state index in [1.54, 1.807) is 21.0 Å². The van der Waals surface area contributed by atoms with Crippen molar-refractivity contribution >= 4 is 98.9 Å². The lowest BCUT2D eigenvalue weighted by Crippen LogP contribution is -2.51. The summed E-state index contributed by atoms with van der Waals surface area (Å²) in [5.41, 5.74) is 7.37. The number of hydrogen-bond acceptors (Lipinski definition) is 21. The van der Waals surface area contributed by atoms with Crippen LogP contribution in [0.2, 0.25) is 0 Å². The molecule has 85 heavy (non-hydrogen) atoms. The van der Waals surface area contributed by atoms with Gasteiger partial charge in [0.2, 0.25) is 0 Å². The fourth-order valence-electron chi connectivity index (χ4n) is 11.2. The number of likely N-dealkylation sites (tertiary alicyclic amines) is 4. The van der Waals surface area contributed by atoms with E-state index < -0.39 is 23.3 Å². The number of carbonyl (C=O) groups is 6. The Morgan fingerprint density at radius 2 is 0.906 bits per heavy atom. The van der Waals surface area contributed by atoms with Crippen molar-refractivity contribution in [1.29, 1.82) is 5.41 Å². The molecule has 0 aromatic heterocycles. The molecule has 6 saturated heterocycles. The van der Waals surface area contributed by atoms with Gasteiger partial charge in [-0.15, -0.1) is 0 Å².